The predicted molar refractivity (Wildman–Crippen MR) is 211 cm³/mol. The van der Waals surface area contributed by atoms with E-state index in [1.165, 1.54) is 0 Å². The highest BCUT2D eigenvalue weighted by molar-refractivity contribution is 6.33. The lowest BCUT2D eigenvalue weighted by Crippen LogP contribution is -2.54. The molecule has 1 unspecified atom stereocenters. The Labute approximate surface area is 331 Å². The maximum absolute atomic E-state index is 13.6. The third-order valence-corrected chi connectivity index (χ3v) is 13.9. The second-order valence-corrected chi connectivity index (χ2v) is 16.7. The number of nitrogens with zero attached hydrogens (tertiary/aromatic N) is 6. The summed E-state index contributed by atoms with van der Waals surface area (Å²) in [6, 6.07) is 17.2. The van der Waals surface area contributed by atoms with Crippen molar-refractivity contribution in [2.24, 2.45) is 5.41 Å². The van der Waals surface area contributed by atoms with E-state index in [-0.39, 0.29) is 30.2 Å². The summed E-state index contributed by atoms with van der Waals surface area (Å²) in [5, 5.41) is 2.75. The van der Waals surface area contributed by atoms with Gasteiger partial charge in [0, 0.05) is 86.3 Å². The third-order valence-electron chi connectivity index (χ3n) is 13.6. The lowest BCUT2D eigenvalue weighted by molar-refractivity contribution is -0.136. The van der Waals surface area contributed by atoms with Gasteiger partial charge < -0.3 is 14.7 Å². The zero-order chi connectivity index (χ0) is 38.9. The maximum Gasteiger partial charge on any atom is 0.262 e. The summed E-state index contributed by atoms with van der Waals surface area (Å²) in [5.41, 5.74) is 6.31. The normalized spacial score (nSPS) is 23.8. The van der Waals surface area contributed by atoms with Gasteiger partial charge in [-0.25, -0.2) is 4.85 Å². The van der Waals surface area contributed by atoms with E-state index < -0.39 is 29.7 Å². The van der Waals surface area contributed by atoms with Crippen LogP contribution in [0.2, 0.25) is 5.02 Å². The molecule has 12 nitrogen and oxygen atoms in total. The lowest BCUT2D eigenvalue weighted by Gasteiger charge is -2.44. The number of nitrogens with one attached hydrogen (secondary N) is 1. The topological polar surface area (TPSA) is 118 Å². The number of piperidine rings is 3. The highest BCUT2D eigenvalue weighted by Crippen LogP contribution is 2.48. The number of halogens is 1. The van der Waals surface area contributed by atoms with Crippen LogP contribution >= 0.6 is 11.6 Å². The molecule has 4 saturated heterocycles. The average Bonchev–Trinajstić information content (AvgIpc) is 3.85. The molecule has 9 rings (SSSR count). The molecule has 3 aromatic rings. The van der Waals surface area contributed by atoms with Crippen LogP contribution in [0.15, 0.2) is 54.6 Å². The van der Waals surface area contributed by atoms with Crippen molar-refractivity contribution in [2.75, 3.05) is 42.5 Å². The van der Waals surface area contributed by atoms with E-state index in [4.69, 9.17) is 18.2 Å². The van der Waals surface area contributed by atoms with Gasteiger partial charge in [-0.2, -0.15) is 0 Å². The highest BCUT2D eigenvalue weighted by atomic mass is 35.5. The summed E-state index contributed by atoms with van der Waals surface area (Å²) in [4.78, 5) is 78.1. The Morgan fingerprint density at radius 1 is 0.821 bits per heavy atom. The number of carbonyl (C=O) groups excluding carboxylic acids is 5. The molecule has 3 aromatic carbocycles. The van der Waals surface area contributed by atoms with Gasteiger partial charge in [0.15, 0.2) is 0 Å². The number of likely N-dealkylation sites (tertiary alicyclic amines) is 1. The molecule has 1 spiro atoms. The molecule has 6 heterocycles. The molecule has 2 atom stereocenters. The van der Waals surface area contributed by atoms with Crippen molar-refractivity contribution in [3.05, 3.63) is 98.9 Å². The summed E-state index contributed by atoms with van der Waals surface area (Å²) < 4.78 is 0. The molecular weight excluding hydrogens is 730 g/mol. The summed E-state index contributed by atoms with van der Waals surface area (Å²) >= 11 is 6.38. The van der Waals surface area contributed by atoms with Crippen LogP contribution in [0.5, 0.6) is 0 Å². The fourth-order valence-electron chi connectivity index (χ4n) is 10.2. The number of imide groups is 2. The van der Waals surface area contributed by atoms with Gasteiger partial charge in [0.25, 0.3) is 17.7 Å². The molecule has 6 aliphatic heterocycles. The largest absolute Gasteiger partial charge is 0.371 e. The Kier molecular flexibility index (Phi) is 9.13. The van der Waals surface area contributed by atoms with E-state index in [1.54, 1.807) is 12.1 Å². The molecule has 0 aliphatic carbocycles. The molecule has 0 saturated carbocycles. The second-order valence-electron chi connectivity index (χ2n) is 16.3. The van der Waals surface area contributed by atoms with Crippen molar-refractivity contribution in [3.8, 4) is 0 Å². The van der Waals surface area contributed by atoms with Gasteiger partial charge in [-0.05, 0) is 111 Å². The van der Waals surface area contributed by atoms with Crippen molar-refractivity contribution >= 4 is 58.2 Å². The molecule has 1 N–H and O–H groups in total. The highest BCUT2D eigenvalue weighted by Gasteiger charge is 2.47. The van der Waals surface area contributed by atoms with Crippen molar-refractivity contribution in [3.63, 3.8) is 0 Å². The minimum absolute atomic E-state index is 0.0516. The molecule has 288 valence electrons. The SMILES string of the molecule is [C-]#[N+]c1ccc(N2CCC3(CCN(c4ccc(C(=O)N5CCC(N6Cc7cc8c(cc7C6)C(=O)N(C6CCC(=O)NC6=O)C8=O)CC5)cc4)CC3)[C@@H]2C)cc1Cl. The van der Waals surface area contributed by atoms with Crippen LogP contribution in [-0.4, -0.2) is 95.1 Å². The second kappa shape index (κ2) is 14.0. The van der Waals surface area contributed by atoms with Crippen LogP contribution in [0, 0.1) is 12.0 Å². The van der Waals surface area contributed by atoms with Crippen LogP contribution < -0.4 is 15.1 Å². The summed E-state index contributed by atoms with van der Waals surface area (Å²) in [5.74, 6) is -1.91. The van der Waals surface area contributed by atoms with Gasteiger partial charge >= 0.3 is 0 Å². The number of hydrogen-bond acceptors (Lipinski definition) is 8. The van der Waals surface area contributed by atoms with Crippen LogP contribution in [0.4, 0.5) is 17.1 Å². The van der Waals surface area contributed by atoms with Crippen LogP contribution in [0.1, 0.15) is 94.1 Å². The summed E-state index contributed by atoms with van der Waals surface area (Å²) in [6.07, 6.45) is 5.22. The van der Waals surface area contributed by atoms with E-state index in [1.807, 2.05) is 35.2 Å². The number of anilines is 2. The van der Waals surface area contributed by atoms with Crippen LogP contribution in [0.25, 0.3) is 4.85 Å². The van der Waals surface area contributed by atoms with E-state index in [0.29, 0.717) is 59.6 Å². The zero-order valence-corrected chi connectivity index (χ0v) is 32.2. The average molecular weight is 774 g/mol. The minimum Gasteiger partial charge on any atom is -0.371 e. The number of rotatable bonds is 5. The third kappa shape index (κ3) is 6.12. The first-order valence-corrected chi connectivity index (χ1v) is 20.1. The van der Waals surface area contributed by atoms with E-state index in [9.17, 15) is 24.0 Å². The number of fused-ring (bicyclic) bond motifs is 2. The van der Waals surface area contributed by atoms with Gasteiger partial charge in [0.05, 0.1) is 17.7 Å². The molecule has 5 amide bonds. The number of amides is 5. The lowest BCUT2D eigenvalue weighted by atomic mass is 9.73. The Morgan fingerprint density at radius 2 is 1.45 bits per heavy atom. The van der Waals surface area contributed by atoms with E-state index >= 15 is 0 Å². The summed E-state index contributed by atoms with van der Waals surface area (Å²) in [6.45, 7) is 15.2. The quantitative estimate of drug-likeness (QED) is 0.256. The molecular formula is C43H44ClN7O5. The smallest absolute Gasteiger partial charge is 0.262 e. The van der Waals surface area contributed by atoms with Crippen molar-refractivity contribution in [1.29, 1.82) is 0 Å². The summed E-state index contributed by atoms with van der Waals surface area (Å²) in [7, 11) is 0. The predicted octanol–water partition coefficient (Wildman–Crippen LogP) is 5.80. The van der Waals surface area contributed by atoms with Gasteiger partial charge in [-0.3, -0.25) is 39.1 Å². The molecule has 0 aromatic heterocycles. The Hall–Kier alpha value is -5.25. The van der Waals surface area contributed by atoms with E-state index in [2.05, 4.69) is 43.9 Å². The molecule has 0 radical (unpaired) electrons. The molecule has 0 bridgehead atoms. The Morgan fingerprint density at radius 3 is 2.05 bits per heavy atom. The monoisotopic (exact) mass is 773 g/mol. The number of carbonyl (C=O) groups is 5. The van der Waals surface area contributed by atoms with Gasteiger partial charge in [-0.1, -0.05) is 17.7 Å². The Balaban J connectivity index is 0.768. The van der Waals surface area contributed by atoms with Crippen molar-refractivity contribution < 1.29 is 24.0 Å². The standard InChI is InChI=1S/C43H44ClN7O5/c1-26-43(15-20-50(26)32-7-8-36(45-2)35(44)23-32)13-18-47(19-14-43)30-5-3-27(4-6-30)40(54)48-16-11-31(12-17-48)49-24-28-21-33-34(22-29(28)25-49)42(56)51(41(33)55)37-9-10-38(52)46-39(37)53/h3-8,21-23,26,31,37H,9-20,24-25H2,1H3,(H,46,52,53)/t26-,37?/m0/s1. The molecule has 4 fully saturated rings. The van der Waals surface area contributed by atoms with Gasteiger partial charge in [-0.15, -0.1) is 0 Å². The fourth-order valence-corrected chi connectivity index (χ4v) is 10.4. The molecule has 56 heavy (non-hydrogen) atoms. The molecule has 13 heteroatoms. The first kappa shape index (κ1) is 36.4. The first-order chi connectivity index (χ1) is 27.0. The van der Waals surface area contributed by atoms with Gasteiger partial charge in [0.2, 0.25) is 17.5 Å². The maximum atomic E-state index is 13.6. The van der Waals surface area contributed by atoms with Crippen LogP contribution in [-0.2, 0) is 22.7 Å². The fraction of sp³-hybridized carbons (Fsp3) is 0.442. The number of benzene rings is 3. The minimum atomic E-state index is -0.974. The van der Waals surface area contributed by atoms with E-state index in [0.717, 1.165) is 79.1 Å². The molecule has 6 aliphatic rings. The number of hydrogen-bond donors (Lipinski definition) is 1. The first-order valence-electron chi connectivity index (χ1n) is 19.7. The Bertz CT molecular complexity index is 2160. The zero-order valence-electron chi connectivity index (χ0n) is 31.4. The van der Waals surface area contributed by atoms with Crippen molar-refractivity contribution in [1.82, 2.24) is 20.0 Å². The van der Waals surface area contributed by atoms with Crippen LogP contribution in [0.3, 0.4) is 0 Å². The van der Waals surface area contributed by atoms with Gasteiger partial charge in [0.1, 0.15) is 6.04 Å². The van der Waals surface area contributed by atoms with Crippen molar-refractivity contribution in [2.45, 2.75) is 83.1 Å².